The third-order valence-electron chi connectivity index (χ3n) is 10.8. The summed E-state index contributed by atoms with van der Waals surface area (Å²) in [6.45, 7) is 6.74. The van der Waals surface area contributed by atoms with Gasteiger partial charge in [0.2, 0.25) is 65.0 Å². The van der Waals surface area contributed by atoms with Crippen LogP contribution in [0.4, 0.5) is 0 Å². The van der Waals surface area contributed by atoms with Crippen LogP contribution in [0.15, 0.2) is 24.3 Å². The second kappa shape index (κ2) is 27.7. The Hall–Kier alpha value is -6.15. The van der Waals surface area contributed by atoms with Gasteiger partial charge in [-0.05, 0) is 61.6 Å². The number of nitrogens with one attached hydrogen (secondary N) is 7. The molecule has 2 aliphatic rings. The Morgan fingerprint density at radius 1 is 0.739 bits per heavy atom. The molecule has 16 N–H and O–H groups in total. The summed E-state index contributed by atoms with van der Waals surface area (Å²) in [5, 5.41) is 27.7. The van der Waals surface area contributed by atoms with E-state index >= 15 is 0 Å². The Morgan fingerprint density at radius 3 is 1.93 bits per heavy atom. The number of benzene rings is 1. The number of primary amides is 3. The van der Waals surface area contributed by atoms with Crippen LogP contribution in [0.1, 0.15) is 78.2 Å². The molecule has 2 saturated heterocycles. The van der Waals surface area contributed by atoms with Crippen molar-refractivity contribution < 1.29 is 57.8 Å². The Morgan fingerprint density at radius 2 is 1.32 bits per heavy atom. The molecule has 0 aromatic heterocycles. The maximum atomic E-state index is 14.5. The number of aromatic hydroxyl groups is 1. The highest BCUT2D eigenvalue weighted by atomic mass is 33.1. The molecule has 3 rings (SSSR count). The number of amides is 11. The first-order valence-electron chi connectivity index (χ1n) is 22.5. The van der Waals surface area contributed by atoms with Gasteiger partial charge in [-0.25, -0.2) is 0 Å². The van der Waals surface area contributed by atoms with E-state index < -0.39 is 139 Å². The minimum absolute atomic E-state index is 0.0292. The first-order valence-corrected chi connectivity index (χ1v) is 25.0. The number of rotatable bonds is 17. The molecule has 1 aromatic rings. The molecule has 8 atom stereocenters. The number of nitrogens with two attached hydrogens (primary N) is 4. The molecular formula is C43H66N12O12S2. The van der Waals surface area contributed by atoms with E-state index in [2.05, 4.69) is 37.2 Å². The number of hydrogen-bond donors (Lipinski definition) is 12. The first-order chi connectivity index (χ1) is 32.4. The van der Waals surface area contributed by atoms with Gasteiger partial charge >= 0.3 is 0 Å². The number of likely N-dealkylation sites (tertiary alicyclic amines) is 1. The van der Waals surface area contributed by atoms with E-state index in [9.17, 15) is 57.8 Å². The van der Waals surface area contributed by atoms with Gasteiger partial charge in [0, 0.05) is 30.9 Å². The highest BCUT2D eigenvalue weighted by Gasteiger charge is 2.41. The van der Waals surface area contributed by atoms with Gasteiger partial charge in [-0.15, -0.1) is 0 Å². The molecule has 26 heteroatoms. The second-order valence-corrected chi connectivity index (χ2v) is 20.3. The lowest BCUT2D eigenvalue weighted by Gasteiger charge is -2.31. The number of phenols is 1. The van der Waals surface area contributed by atoms with Gasteiger partial charge in [-0.2, -0.15) is 0 Å². The number of nitrogens with zero attached hydrogens (tertiary/aromatic N) is 1. The Balaban J connectivity index is 2.05. The molecule has 0 spiro atoms. The van der Waals surface area contributed by atoms with E-state index in [1.807, 2.05) is 13.8 Å². The molecule has 0 aliphatic carbocycles. The van der Waals surface area contributed by atoms with Crippen molar-refractivity contribution >= 4 is 86.6 Å². The molecule has 2 heterocycles. The van der Waals surface area contributed by atoms with E-state index in [1.165, 1.54) is 29.2 Å². The Bertz CT molecular complexity index is 2040. The maximum Gasteiger partial charge on any atom is 0.246 e. The largest absolute Gasteiger partial charge is 0.508 e. The van der Waals surface area contributed by atoms with Crippen LogP contribution < -0.4 is 60.2 Å². The monoisotopic (exact) mass is 1010 g/mol. The third kappa shape index (κ3) is 19.4. The van der Waals surface area contributed by atoms with Crippen molar-refractivity contribution in [3.8, 4) is 5.75 Å². The average molecular weight is 1010 g/mol. The number of carbonyl (C=O) groups is 11. The van der Waals surface area contributed by atoms with E-state index in [-0.39, 0.29) is 61.3 Å². The van der Waals surface area contributed by atoms with Crippen molar-refractivity contribution in [2.45, 2.75) is 127 Å². The van der Waals surface area contributed by atoms with Crippen molar-refractivity contribution in [2.24, 2.45) is 34.8 Å². The van der Waals surface area contributed by atoms with Gasteiger partial charge < -0.3 is 70.2 Å². The average Bonchev–Trinajstić information content (AvgIpc) is 3.77. The second-order valence-electron chi connectivity index (χ2n) is 17.7. The Kier molecular flexibility index (Phi) is 23.0. The van der Waals surface area contributed by atoms with Crippen LogP contribution in [0.2, 0.25) is 0 Å². The number of hydrogen-bond acceptors (Lipinski definition) is 15. The van der Waals surface area contributed by atoms with Crippen LogP contribution >= 0.6 is 21.6 Å². The van der Waals surface area contributed by atoms with Crippen molar-refractivity contribution in [3.05, 3.63) is 29.8 Å². The summed E-state index contributed by atoms with van der Waals surface area (Å²) in [5.74, 6) is -10.0. The molecule has 1 aromatic carbocycles. The van der Waals surface area contributed by atoms with Gasteiger partial charge in [0.1, 0.15) is 48.0 Å². The molecular weight excluding hydrogens is 941 g/mol. The van der Waals surface area contributed by atoms with Crippen LogP contribution in [0, 0.1) is 11.8 Å². The lowest BCUT2D eigenvalue weighted by molar-refractivity contribution is -0.142. The smallest absolute Gasteiger partial charge is 0.246 e. The molecule has 0 bridgehead atoms. The zero-order valence-corrected chi connectivity index (χ0v) is 40.7. The summed E-state index contributed by atoms with van der Waals surface area (Å²) in [6.07, 6.45) is -0.997. The molecule has 2 fully saturated rings. The number of carbonyl (C=O) groups excluding carboxylic acids is 11. The van der Waals surface area contributed by atoms with Crippen LogP contribution in [0.3, 0.4) is 0 Å². The summed E-state index contributed by atoms with van der Waals surface area (Å²) < 4.78 is 0. The minimum atomic E-state index is -1.75. The van der Waals surface area contributed by atoms with E-state index in [0.717, 1.165) is 21.6 Å². The van der Waals surface area contributed by atoms with Gasteiger partial charge in [-0.1, -0.05) is 61.4 Å². The highest BCUT2D eigenvalue weighted by Crippen LogP contribution is 2.26. The zero-order chi connectivity index (χ0) is 51.5. The fraction of sp³-hybridized carbons (Fsp3) is 0.605. The number of phenolic OH excluding ortho intramolecular Hbond substituents is 1. The molecule has 11 amide bonds. The van der Waals surface area contributed by atoms with Crippen LogP contribution in [0.25, 0.3) is 0 Å². The third-order valence-corrected chi connectivity index (χ3v) is 13.3. The van der Waals surface area contributed by atoms with Crippen molar-refractivity contribution in [1.82, 2.24) is 42.1 Å². The van der Waals surface area contributed by atoms with Crippen molar-refractivity contribution in [2.75, 3.05) is 24.6 Å². The quantitative estimate of drug-likeness (QED) is 0.0671. The first kappa shape index (κ1) is 57.2. The summed E-state index contributed by atoms with van der Waals surface area (Å²) in [5.41, 5.74) is 22.9. The lowest BCUT2D eigenvalue weighted by atomic mass is 10.00. The summed E-state index contributed by atoms with van der Waals surface area (Å²) in [7, 11) is 2.05. The van der Waals surface area contributed by atoms with Crippen LogP contribution in [-0.2, 0) is 59.2 Å². The molecule has 0 unspecified atom stereocenters. The topological polar surface area (TPSA) is 400 Å². The Labute approximate surface area is 407 Å². The predicted molar refractivity (Wildman–Crippen MR) is 254 cm³/mol. The minimum Gasteiger partial charge on any atom is -0.508 e. The van der Waals surface area contributed by atoms with Gasteiger partial charge in [-0.3, -0.25) is 52.7 Å². The normalized spacial score (nSPS) is 23.9. The van der Waals surface area contributed by atoms with Crippen molar-refractivity contribution in [1.29, 1.82) is 0 Å². The van der Waals surface area contributed by atoms with E-state index in [1.54, 1.807) is 13.8 Å². The summed E-state index contributed by atoms with van der Waals surface area (Å²) in [6, 6.07) is -5.03. The van der Waals surface area contributed by atoms with Gasteiger partial charge in [0.05, 0.1) is 19.0 Å². The molecule has 69 heavy (non-hydrogen) atoms. The fourth-order valence-electron chi connectivity index (χ4n) is 7.37. The standard InChI is InChI=1S/C43H66N12O12S2/c1-21(2)14-27(37(61)48-18-35(47)59)53-42(66)32-6-5-13-55(32)43(67)31-20-69-68-19-25(44)36(60)50-29(16-23-7-9-24(56)10-8-23)40(64)51-28(15-22(3)4)39(63)49-26(11-12-33(45)57)38(62)52-30(17-34(46)58)41(65)54-31/h7-10,21-22,25-32,56H,5-6,11-20,44H2,1-4H3,(H2,45,57)(H2,46,58)(H2,47,59)(H,48,61)(H,49,63)(H,50,60)(H,51,64)(H,52,62)(H,53,66)(H,54,65)/t25-,26-,27-,28-,29-,30-,31-,32-/m0/s1. The van der Waals surface area contributed by atoms with E-state index in [0.29, 0.717) is 12.0 Å². The van der Waals surface area contributed by atoms with Crippen LogP contribution in [-0.4, -0.2) is 148 Å². The lowest BCUT2D eigenvalue weighted by Crippen LogP contribution is -2.61. The zero-order valence-electron chi connectivity index (χ0n) is 39.1. The fourth-order valence-corrected chi connectivity index (χ4v) is 9.65. The van der Waals surface area contributed by atoms with Crippen molar-refractivity contribution in [3.63, 3.8) is 0 Å². The summed E-state index contributed by atoms with van der Waals surface area (Å²) in [4.78, 5) is 148. The van der Waals surface area contributed by atoms with Gasteiger partial charge in [0.25, 0.3) is 0 Å². The van der Waals surface area contributed by atoms with E-state index in [4.69, 9.17) is 22.9 Å². The molecule has 382 valence electrons. The molecule has 0 saturated carbocycles. The maximum absolute atomic E-state index is 14.5. The molecule has 0 radical (unpaired) electrons. The van der Waals surface area contributed by atoms with Crippen LogP contribution in [0.5, 0.6) is 5.75 Å². The predicted octanol–water partition coefficient (Wildman–Crippen LogP) is -3.61. The highest BCUT2D eigenvalue weighted by molar-refractivity contribution is 8.76. The summed E-state index contributed by atoms with van der Waals surface area (Å²) >= 11 is 0. The van der Waals surface area contributed by atoms with Gasteiger partial charge in [0.15, 0.2) is 0 Å². The molecule has 2 aliphatic heterocycles. The SMILES string of the molecule is CC(C)C[C@@H]1NC(=O)[C@H](Cc2ccc(O)cc2)NC(=O)[C@@H](N)CSSC[C@@H](C(=O)N2CCC[C@H]2C(=O)N[C@@H](CC(C)C)C(=O)NCC(N)=O)NC(=O)[C@H](CC(N)=O)NC(=O)[C@H](CCC(N)=O)NC1=O. The molecule has 24 nitrogen and oxygen atoms in total.